The van der Waals surface area contributed by atoms with Gasteiger partial charge in [0, 0.05) is 17.9 Å². The van der Waals surface area contributed by atoms with Crippen LogP contribution in [0.1, 0.15) is 20.8 Å². The summed E-state index contributed by atoms with van der Waals surface area (Å²) in [6.45, 7) is 5.49. The molecule has 0 N–H and O–H groups in total. The van der Waals surface area contributed by atoms with Crippen molar-refractivity contribution in [1.82, 2.24) is 9.13 Å². The molecule has 0 aliphatic carbocycles. The van der Waals surface area contributed by atoms with Crippen molar-refractivity contribution in [1.29, 1.82) is 0 Å². The normalized spacial score (nSPS) is 11.8. The van der Waals surface area contributed by atoms with Gasteiger partial charge in [-0.15, -0.1) is 0 Å². The van der Waals surface area contributed by atoms with Crippen LogP contribution in [0.25, 0.3) is 33.2 Å². The number of fused-ring (bicyclic) bond motifs is 2. The number of para-hydroxylation sites is 2. The summed E-state index contributed by atoms with van der Waals surface area (Å²) in [5.41, 5.74) is 1.95. The molecule has 2 heterocycles. The molecule has 0 atom stereocenters. The Hall–Kier alpha value is -2.08. The lowest BCUT2D eigenvalue weighted by Gasteiger charge is -2.21. The third-order valence-corrected chi connectivity index (χ3v) is 6.97. The van der Waals surface area contributed by atoms with Crippen molar-refractivity contribution in [3.63, 3.8) is 0 Å². The molecular formula is C23H20I2N2O4. The monoisotopic (exact) mass is 642 g/mol. The van der Waals surface area contributed by atoms with Gasteiger partial charge in [-0.2, -0.15) is 0 Å². The van der Waals surface area contributed by atoms with Gasteiger partial charge in [0.2, 0.25) is 0 Å². The van der Waals surface area contributed by atoms with Crippen LogP contribution in [0.2, 0.25) is 0 Å². The number of aromatic nitrogens is 2. The Balaban J connectivity index is 2.15. The third kappa shape index (κ3) is 3.73. The molecule has 4 rings (SSSR count). The maximum Gasteiger partial charge on any atom is 0.419 e. The van der Waals surface area contributed by atoms with E-state index in [9.17, 15) is 9.59 Å². The number of methoxy groups -OCH3 is 1. The standard InChI is InChI=1S/C23H20I2N2O4/c1-23(2,3)31-22(29)27-16-12-8-6-10-14(16)18(25)20(27)19-17(24)13-9-5-7-11-15(13)26(19)21(28)30-4/h5-12H,1-4H3. The summed E-state index contributed by atoms with van der Waals surface area (Å²) in [5.74, 6) is 0. The first-order valence-electron chi connectivity index (χ1n) is 9.55. The van der Waals surface area contributed by atoms with Gasteiger partial charge in [-0.25, -0.2) is 18.7 Å². The summed E-state index contributed by atoms with van der Waals surface area (Å²) in [6.07, 6.45) is -1.02. The van der Waals surface area contributed by atoms with Crippen LogP contribution in [0, 0.1) is 7.14 Å². The number of halogens is 2. The van der Waals surface area contributed by atoms with Gasteiger partial charge in [-0.1, -0.05) is 36.4 Å². The maximum absolute atomic E-state index is 13.4. The zero-order chi connectivity index (χ0) is 22.5. The van der Waals surface area contributed by atoms with Crippen LogP contribution in [0.15, 0.2) is 48.5 Å². The second-order valence-electron chi connectivity index (χ2n) is 7.98. The average molecular weight is 642 g/mol. The third-order valence-electron chi connectivity index (χ3n) is 4.78. The second-order valence-corrected chi connectivity index (χ2v) is 10.1. The van der Waals surface area contributed by atoms with Crippen LogP contribution in [0.4, 0.5) is 9.59 Å². The Morgan fingerprint density at radius 3 is 1.61 bits per heavy atom. The molecule has 0 saturated carbocycles. The van der Waals surface area contributed by atoms with E-state index < -0.39 is 17.8 Å². The molecule has 0 radical (unpaired) electrons. The number of ether oxygens (including phenoxy) is 2. The second kappa shape index (κ2) is 8.12. The van der Waals surface area contributed by atoms with E-state index in [4.69, 9.17) is 9.47 Å². The smallest absolute Gasteiger partial charge is 0.419 e. The van der Waals surface area contributed by atoms with Crippen molar-refractivity contribution in [2.24, 2.45) is 0 Å². The lowest BCUT2D eigenvalue weighted by molar-refractivity contribution is 0.0546. The predicted octanol–water partition coefficient (Wildman–Crippen LogP) is 6.87. The molecule has 0 saturated heterocycles. The molecule has 31 heavy (non-hydrogen) atoms. The zero-order valence-electron chi connectivity index (χ0n) is 17.4. The summed E-state index contributed by atoms with van der Waals surface area (Å²) in [4.78, 5) is 26.2. The maximum atomic E-state index is 13.4. The van der Waals surface area contributed by atoms with E-state index in [2.05, 4.69) is 45.2 Å². The van der Waals surface area contributed by atoms with Crippen LogP contribution < -0.4 is 0 Å². The van der Waals surface area contributed by atoms with E-state index in [-0.39, 0.29) is 0 Å². The first-order chi connectivity index (χ1) is 14.7. The number of nitrogens with zero attached hydrogens (tertiary/aromatic N) is 2. The molecule has 160 valence electrons. The quantitative estimate of drug-likeness (QED) is 0.213. The molecule has 0 fully saturated rings. The molecule has 2 aromatic carbocycles. The fraction of sp³-hybridized carbons (Fsp3) is 0.217. The Kier molecular flexibility index (Phi) is 5.80. The Labute approximate surface area is 206 Å². The number of carbonyl (C=O) groups excluding carboxylic acids is 2. The van der Waals surface area contributed by atoms with Gasteiger partial charge in [-0.05, 0) is 78.1 Å². The molecule has 4 aromatic rings. The minimum atomic E-state index is -0.673. The van der Waals surface area contributed by atoms with Crippen LogP contribution in [-0.4, -0.2) is 34.0 Å². The van der Waals surface area contributed by atoms with E-state index in [1.54, 1.807) is 4.57 Å². The fourth-order valence-corrected chi connectivity index (χ4v) is 5.50. The first kappa shape index (κ1) is 22.1. The number of rotatable bonds is 1. The highest BCUT2D eigenvalue weighted by Crippen LogP contribution is 2.41. The minimum Gasteiger partial charge on any atom is -0.452 e. The zero-order valence-corrected chi connectivity index (χ0v) is 21.7. The molecule has 0 spiro atoms. The highest BCUT2D eigenvalue weighted by molar-refractivity contribution is 14.1. The van der Waals surface area contributed by atoms with Crippen molar-refractivity contribution in [2.45, 2.75) is 26.4 Å². The van der Waals surface area contributed by atoms with Crippen molar-refractivity contribution >= 4 is 79.2 Å². The lowest BCUT2D eigenvalue weighted by Crippen LogP contribution is -2.28. The van der Waals surface area contributed by atoms with Gasteiger partial charge in [0.05, 0.1) is 29.5 Å². The van der Waals surface area contributed by atoms with E-state index in [0.717, 1.165) is 17.9 Å². The molecule has 0 bridgehead atoms. The van der Waals surface area contributed by atoms with Gasteiger partial charge in [0.15, 0.2) is 0 Å². The van der Waals surface area contributed by atoms with E-state index in [0.29, 0.717) is 22.4 Å². The average Bonchev–Trinajstić information content (AvgIpc) is 3.18. The number of carbonyl (C=O) groups is 2. The Morgan fingerprint density at radius 1 is 0.774 bits per heavy atom. The van der Waals surface area contributed by atoms with Crippen LogP contribution >= 0.6 is 45.2 Å². The summed E-state index contributed by atoms with van der Waals surface area (Å²) >= 11 is 4.45. The van der Waals surface area contributed by atoms with Crippen molar-refractivity contribution < 1.29 is 19.1 Å². The number of hydrogen-bond donors (Lipinski definition) is 0. The minimum absolute atomic E-state index is 0.501. The van der Waals surface area contributed by atoms with Crippen molar-refractivity contribution in [3.8, 4) is 11.4 Å². The topological polar surface area (TPSA) is 62.5 Å². The SMILES string of the molecule is COC(=O)n1c(-c2c(I)c3ccccc3n2C(=O)OC(C)(C)C)c(I)c2ccccc21. The number of benzene rings is 2. The van der Waals surface area contributed by atoms with Crippen molar-refractivity contribution in [2.75, 3.05) is 7.11 Å². The van der Waals surface area contributed by atoms with Gasteiger partial charge in [-0.3, -0.25) is 0 Å². The molecule has 0 aliphatic rings. The number of hydrogen-bond acceptors (Lipinski definition) is 4. The van der Waals surface area contributed by atoms with Gasteiger partial charge in [0.25, 0.3) is 0 Å². The highest BCUT2D eigenvalue weighted by atomic mass is 127. The van der Waals surface area contributed by atoms with Crippen molar-refractivity contribution in [3.05, 3.63) is 55.7 Å². The Bertz CT molecular complexity index is 1350. The van der Waals surface area contributed by atoms with Gasteiger partial charge >= 0.3 is 12.2 Å². The molecular weight excluding hydrogens is 622 g/mol. The molecule has 8 heteroatoms. The Morgan fingerprint density at radius 2 is 1.19 bits per heavy atom. The summed E-state index contributed by atoms with van der Waals surface area (Å²) in [6, 6.07) is 15.2. The molecule has 0 amide bonds. The van der Waals surface area contributed by atoms with Crippen LogP contribution in [0.3, 0.4) is 0 Å². The molecule has 6 nitrogen and oxygen atoms in total. The molecule has 0 unspecified atom stereocenters. The lowest BCUT2D eigenvalue weighted by atomic mass is 10.2. The van der Waals surface area contributed by atoms with Gasteiger partial charge < -0.3 is 9.47 Å². The van der Waals surface area contributed by atoms with E-state index in [1.807, 2.05) is 69.3 Å². The van der Waals surface area contributed by atoms with Gasteiger partial charge in [0.1, 0.15) is 5.60 Å². The van der Waals surface area contributed by atoms with Crippen LogP contribution in [-0.2, 0) is 9.47 Å². The fourth-order valence-electron chi connectivity index (χ4n) is 3.60. The van der Waals surface area contributed by atoms with Crippen LogP contribution in [0.5, 0.6) is 0 Å². The summed E-state index contributed by atoms with van der Waals surface area (Å²) in [5, 5.41) is 1.81. The summed E-state index contributed by atoms with van der Waals surface area (Å²) < 4.78 is 15.6. The largest absolute Gasteiger partial charge is 0.452 e. The predicted molar refractivity (Wildman–Crippen MR) is 138 cm³/mol. The first-order valence-corrected chi connectivity index (χ1v) is 11.7. The summed E-state index contributed by atoms with van der Waals surface area (Å²) in [7, 11) is 1.35. The molecule has 2 aromatic heterocycles. The highest BCUT2D eigenvalue weighted by Gasteiger charge is 2.31. The van der Waals surface area contributed by atoms with E-state index >= 15 is 0 Å². The van der Waals surface area contributed by atoms with E-state index in [1.165, 1.54) is 11.7 Å². The molecule has 0 aliphatic heterocycles.